The van der Waals surface area contributed by atoms with Crippen molar-refractivity contribution < 1.29 is 4.79 Å². The average molecular weight is 361 g/mol. The van der Waals surface area contributed by atoms with Crippen LogP contribution in [0.25, 0.3) is 0 Å². The molecule has 1 saturated heterocycles. The smallest absolute Gasteiger partial charge is 0.258 e. The predicted molar refractivity (Wildman–Crippen MR) is 110 cm³/mol. The summed E-state index contributed by atoms with van der Waals surface area (Å²) in [5.41, 5.74) is 5.89. The van der Waals surface area contributed by atoms with Gasteiger partial charge in [0, 0.05) is 29.3 Å². The Kier molecular flexibility index (Phi) is 3.90. The van der Waals surface area contributed by atoms with Crippen LogP contribution in [0.2, 0.25) is 0 Å². The molecular weight excluding hydrogens is 332 g/mol. The lowest BCUT2D eigenvalue weighted by molar-refractivity contribution is 0.0975. The van der Waals surface area contributed by atoms with Crippen molar-refractivity contribution in [1.29, 1.82) is 0 Å². The average Bonchev–Trinajstić information content (AvgIpc) is 3.47. The lowest BCUT2D eigenvalue weighted by Crippen LogP contribution is -2.46. The fraction of sp³-hybridized carbons (Fsp3) is 0.458. The van der Waals surface area contributed by atoms with Gasteiger partial charge in [-0.15, -0.1) is 0 Å². The number of rotatable bonds is 2. The van der Waals surface area contributed by atoms with E-state index in [2.05, 4.69) is 34.9 Å². The molecule has 5 rings (SSSR count). The van der Waals surface area contributed by atoms with E-state index in [-0.39, 0.29) is 11.3 Å². The topological polar surface area (TPSA) is 23.6 Å². The van der Waals surface area contributed by atoms with Crippen LogP contribution in [0.5, 0.6) is 0 Å². The summed E-state index contributed by atoms with van der Waals surface area (Å²) in [5, 5.41) is 0. The lowest BCUT2D eigenvalue weighted by atomic mass is 9.74. The molecule has 1 amide bonds. The van der Waals surface area contributed by atoms with Crippen LogP contribution in [0, 0.1) is 13.8 Å². The summed E-state index contributed by atoms with van der Waals surface area (Å²) < 4.78 is 0. The number of hydrogen-bond acceptors (Lipinski definition) is 2. The molecule has 2 aliphatic heterocycles. The zero-order valence-electron chi connectivity index (χ0n) is 16.4. The first-order valence-corrected chi connectivity index (χ1v) is 10.3. The Balaban J connectivity index is 1.49. The molecule has 1 spiro atoms. The standard InChI is InChI=1S/C24H28N2O/c1-17-4-3-5-19(14-17)23(27)26-16-24(21-15-18(2)6-9-22(21)26)10-12-25(13-11-24)20-7-8-20/h3-6,9,14-15,20H,7-8,10-13,16H2,1-2H3. The third kappa shape index (κ3) is 2.89. The fourth-order valence-corrected chi connectivity index (χ4v) is 5.08. The van der Waals surface area contributed by atoms with Gasteiger partial charge < -0.3 is 9.80 Å². The Hall–Kier alpha value is -2.13. The summed E-state index contributed by atoms with van der Waals surface area (Å²) >= 11 is 0. The summed E-state index contributed by atoms with van der Waals surface area (Å²) in [6.45, 7) is 7.39. The maximum Gasteiger partial charge on any atom is 0.258 e. The summed E-state index contributed by atoms with van der Waals surface area (Å²) in [6.07, 6.45) is 5.08. The minimum absolute atomic E-state index is 0.131. The minimum atomic E-state index is 0.131. The number of piperidine rings is 1. The zero-order chi connectivity index (χ0) is 18.6. The highest BCUT2D eigenvalue weighted by molar-refractivity contribution is 6.07. The van der Waals surface area contributed by atoms with Gasteiger partial charge in [-0.05, 0) is 76.4 Å². The number of carbonyl (C=O) groups excluding carboxylic acids is 1. The van der Waals surface area contributed by atoms with Gasteiger partial charge in [-0.2, -0.15) is 0 Å². The normalized spacial score (nSPS) is 21.5. The molecule has 27 heavy (non-hydrogen) atoms. The molecule has 3 nitrogen and oxygen atoms in total. The first kappa shape index (κ1) is 17.0. The maximum atomic E-state index is 13.4. The molecule has 0 radical (unpaired) electrons. The molecule has 3 aliphatic rings. The Morgan fingerprint density at radius 2 is 1.74 bits per heavy atom. The number of fused-ring (bicyclic) bond motifs is 2. The summed E-state index contributed by atoms with van der Waals surface area (Å²) in [4.78, 5) is 18.1. The number of likely N-dealkylation sites (tertiary alicyclic amines) is 1. The number of nitrogens with zero attached hydrogens (tertiary/aromatic N) is 2. The monoisotopic (exact) mass is 360 g/mol. The van der Waals surface area contributed by atoms with Crippen molar-refractivity contribution in [3.05, 3.63) is 64.7 Å². The van der Waals surface area contributed by atoms with E-state index < -0.39 is 0 Å². The minimum Gasteiger partial charge on any atom is -0.307 e. The van der Waals surface area contributed by atoms with Crippen LogP contribution in [0.1, 0.15) is 52.7 Å². The second kappa shape index (κ2) is 6.20. The van der Waals surface area contributed by atoms with E-state index in [1.165, 1.54) is 37.1 Å². The largest absolute Gasteiger partial charge is 0.307 e. The number of aryl methyl sites for hydroxylation is 2. The van der Waals surface area contributed by atoms with Crippen molar-refractivity contribution in [1.82, 2.24) is 4.90 Å². The Morgan fingerprint density at radius 3 is 2.44 bits per heavy atom. The van der Waals surface area contributed by atoms with Crippen molar-refractivity contribution in [2.75, 3.05) is 24.5 Å². The van der Waals surface area contributed by atoms with E-state index in [0.717, 1.165) is 42.2 Å². The van der Waals surface area contributed by atoms with Gasteiger partial charge in [0.05, 0.1) is 0 Å². The molecular formula is C24H28N2O. The Bertz CT molecular complexity index is 891. The molecule has 2 aromatic rings. The summed E-state index contributed by atoms with van der Waals surface area (Å²) in [7, 11) is 0. The molecule has 0 aromatic heterocycles. The quantitative estimate of drug-likeness (QED) is 0.789. The van der Waals surface area contributed by atoms with Gasteiger partial charge in [0.15, 0.2) is 0 Å². The summed E-state index contributed by atoms with van der Waals surface area (Å²) in [5.74, 6) is 0.144. The molecule has 2 aromatic carbocycles. The van der Waals surface area contributed by atoms with Gasteiger partial charge in [0.25, 0.3) is 5.91 Å². The van der Waals surface area contributed by atoms with Crippen LogP contribution in [0.4, 0.5) is 5.69 Å². The molecule has 0 unspecified atom stereocenters. The number of amides is 1. The first-order valence-electron chi connectivity index (χ1n) is 10.3. The third-order valence-electron chi connectivity index (χ3n) is 6.80. The summed E-state index contributed by atoms with van der Waals surface area (Å²) in [6, 6.07) is 15.5. The molecule has 0 N–H and O–H groups in total. The predicted octanol–water partition coefficient (Wildman–Crippen LogP) is 4.46. The van der Waals surface area contributed by atoms with Crippen LogP contribution < -0.4 is 4.90 Å². The van der Waals surface area contributed by atoms with Crippen LogP contribution in [-0.2, 0) is 5.41 Å². The van der Waals surface area contributed by atoms with Crippen LogP contribution >= 0.6 is 0 Å². The van der Waals surface area contributed by atoms with Gasteiger partial charge >= 0.3 is 0 Å². The number of carbonyl (C=O) groups is 1. The third-order valence-corrected chi connectivity index (χ3v) is 6.80. The van der Waals surface area contributed by atoms with Gasteiger partial charge in [-0.25, -0.2) is 0 Å². The van der Waals surface area contributed by atoms with Gasteiger partial charge in [0.1, 0.15) is 0 Å². The first-order chi connectivity index (χ1) is 13.1. The number of benzene rings is 2. The highest BCUT2D eigenvalue weighted by Gasteiger charge is 2.47. The van der Waals surface area contributed by atoms with E-state index in [9.17, 15) is 4.79 Å². The van der Waals surface area contributed by atoms with E-state index in [1.807, 2.05) is 31.2 Å². The molecule has 2 fully saturated rings. The Labute approximate surface area is 162 Å². The van der Waals surface area contributed by atoms with E-state index in [0.29, 0.717) is 0 Å². The molecule has 0 bridgehead atoms. The number of hydrogen-bond donors (Lipinski definition) is 0. The van der Waals surface area contributed by atoms with Gasteiger partial charge in [-0.1, -0.05) is 35.4 Å². The molecule has 1 aliphatic carbocycles. The fourth-order valence-electron chi connectivity index (χ4n) is 5.08. The number of anilines is 1. The molecule has 1 saturated carbocycles. The van der Waals surface area contributed by atoms with Crippen LogP contribution in [-0.4, -0.2) is 36.5 Å². The zero-order valence-corrected chi connectivity index (χ0v) is 16.4. The molecule has 2 heterocycles. The van der Waals surface area contributed by atoms with Crippen LogP contribution in [0.3, 0.4) is 0 Å². The molecule has 3 heteroatoms. The van der Waals surface area contributed by atoms with Crippen LogP contribution in [0.15, 0.2) is 42.5 Å². The van der Waals surface area contributed by atoms with E-state index in [4.69, 9.17) is 0 Å². The van der Waals surface area contributed by atoms with E-state index >= 15 is 0 Å². The van der Waals surface area contributed by atoms with Crippen molar-refractivity contribution >= 4 is 11.6 Å². The van der Waals surface area contributed by atoms with E-state index in [1.54, 1.807) is 0 Å². The van der Waals surface area contributed by atoms with Crippen molar-refractivity contribution in [2.24, 2.45) is 0 Å². The van der Waals surface area contributed by atoms with Gasteiger partial charge in [0.2, 0.25) is 0 Å². The highest BCUT2D eigenvalue weighted by atomic mass is 16.2. The highest BCUT2D eigenvalue weighted by Crippen LogP contribution is 2.48. The lowest BCUT2D eigenvalue weighted by Gasteiger charge is -2.40. The van der Waals surface area contributed by atoms with Crippen molar-refractivity contribution in [3.8, 4) is 0 Å². The van der Waals surface area contributed by atoms with Gasteiger partial charge in [-0.3, -0.25) is 4.79 Å². The van der Waals surface area contributed by atoms with Crippen molar-refractivity contribution in [2.45, 2.75) is 51.0 Å². The molecule has 0 atom stereocenters. The maximum absolute atomic E-state index is 13.4. The Morgan fingerprint density at radius 1 is 1.00 bits per heavy atom. The second-order valence-corrected chi connectivity index (χ2v) is 8.83. The van der Waals surface area contributed by atoms with Crippen molar-refractivity contribution in [3.63, 3.8) is 0 Å². The SMILES string of the molecule is Cc1cccc(C(=O)N2CC3(CCN(C4CC4)CC3)c3cc(C)ccc32)c1. The second-order valence-electron chi connectivity index (χ2n) is 8.83. The molecule has 140 valence electrons.